The summed E-state index contributed by atoms with van der Waals surface area (Å²) in [5.41, 5.74) is 1.10. The van der Waals surface area contributed by atoms with Gasteiger partial charge in [0, 0.05) is 24.7 Å². The van der Waals surface area contributed by atoms with E-state index in [1.807, 2.05) is 23.7 Å². The van der Waals surface area contributed by atoms with E-state index >= 15 is 0 Å². The standard InChI is InChI=1S/C14H16N2O3S/c1-17-11-6-10(7-12-14(11)19-4-3-18-12)8-15-9-13-16-2-5-20-13/h2,5-7,15H,3-4,8-9H2,1H3. The monoisotopic (exact) mass is 292 g/mol. The summed E-state index contributed by atoms with van der Waals surface area (Å²) < 4.78 is 16.6. The van der Waals surface area contributed by atoms with Crippen LogP contribution < -0.4 is 19.5 Å². The summed E-state index contributed by atoms with van der Waals surface area (Å²) in [5, 5.41) is 6.41. The second-order valence-corrected chi connectivity index (χ2v) is 5.33. The minimum absolute atomic E-state index is 0.561. The second kappa shape index (κ2) is 6.11. The van der Waals surface area contributed by atoms with Gasteiger partial charge in [0.15, 0.2) is 11.5 Å². The van der Waals surface area contributed by atoms with Crippen molar-refractivity contribution in [3.63, 3.8) is 0 Å². The normalized spacial score (nSPS) is 13.2. The van der Waals surface area contributed by atoms with Crippen LogP contribution in [0.25, 0.3) is 0 Å². The molecule has 0 spiro atoms. The molecule has 0 saturated heterocycles. The van der Waals surface area contributed by atoms with E-state index < -0.39 is 0 Å². The van der Waals surface area contributed by atoms with Gasteiger partial charge in [-0.25, -0.2) is 4.98 Å². The first kappa shape index (κ1) is 13.2. The first-order valence-electron chi connectivity index (χ1n) is 6.42. The Labute approximate surface area is 121 Å². The molecule has 1 N–H and O–H groups in total. The Morgan fingerprint density at radius 1 is 1.30 bits per heavy atom. The van der Waals surface area contributed by atoms with E-state index in [2.05, 4.69) is 10.3 Å². The predicted molar refractivity (Wildman–Crippen MR) is 76.6 cm³/mol. The van der Waals surface area contributed by atoms with Gasteiger partial charge in [0.25, 0.3) is 0 Å². The van der Waals surface area contributed by atoms with Crippen molar-refractivity contribution < 1.29 is 14.2 Å². The first-order valence-corrected chi connectivity index (χ1v) is 7.30. The Morgan fingerprint density at radius 2 is 2.20 bits per heavy atom. The molecule has 2 heterocycles. The van der Waals surface area contributed by atoms with E-state index in [0.717, 1.165) is 29.4 Å². The van der Waals surface area contributed by atoms with Crippen LogP contribution in [0.2, 0.25) is 0 Å². The molecule has 0 atom stereocenters. The molecule has 5 nitrogen and oxygen atoms in total. The number of benzene rings is 1. The summed E-state index contributed by atoms with van der Waals surface area (Å²) in [6, 6.07) is 3.97. The molecule has 0 amide bonds. The number of ether oxygens (including phenoxy) is 3. The van der Waals surface area contributed by atoms with Gasteiger partial charge < -0.3 is 19.5 Å². The molecule has 1 aromatic carbocycles. The highest BCUT2D eigenvalue weighted by Gasteiger charge is 2.18. The zero-order chi connectivity index (χ0) is 13.8. The molecule has 0 bridgehead atoms. The molecule has 1 aliphatic heterocycles. The molecule has 20 heavy (non-hydrogen) atoms. The maximum atomic E-state index is 5.62. The van der Waals surface area contributed by atoms with Crippen LogP contribution >= 0.6 is 11.3 Å². The lowest BCUT2D eigenvalue weighted by Crippen LogP contribution is -2.17. The minimum Gasteiger partial charge on any atom is -0.493 e. The number of hydrogen-bond acceptors (Lipinski definition) is 6. The highest BCUT2D eigenvalue weighted by Crippen LogP contribution is 2.40. The van der Waals surface area contributed by atoms with Crippen molar-refractivity contribution in [2.45, 2.75) is 13.1 Å². The van der Waals surface area contributed by atoms with E-state index in [1.165, 1.54) is 0 Å². The van der Waals surface area contributed by atoms with Crippen molar-refractivity contribution >= 4 is 11.3 Å². The Bertz CT molecular complexity index is 555. The van der Waals surface area contributed by atoms with Gasteiger partial charge >= 0.3 is 0 Å². The van der Waals surface area contributed by atoms with Crippen LogP contribution in [-0.4, -0.2) is 25.3 Å². The van der Waals surface area contributed by atoms with Gasteiger partial charge in [-0.3, -0.25) is 0 Å². The number of thiazole rings is 1. The Balaban J connectivity index is 1.69. The van der Waals surface area contributed by atoms with Crippen LogP contribution in [0.1, 0.15) is 10.6 Å². The Hall–Kier alpha value is -1.79. The predicted octanol–water partition coefficient (Wildman–Crippen LogP) is 2.21. The fraction of sp³-hybridized carbons (Fsp3) is 0.357. The third-order valence-corrected chi connectivity index (χ3v) is 3.76. The zero-order valence-electron chi connectivity index (χ0n) is 11.2. The van der Waals surface area contributed by atoms with Gasteiger partial charge in [0.1, 0.15) is 18.2 Å². The summed E-state index contributed by atoms with van der Waals surface area (Å²) >= 11 is 1.65. The highest BCUT2D eigenvalue weighted by molar-refractivity contribution is 7.09. The molecule has 1 aromatic heterocycles. The first-order chi connectivity index (χ1) is 9.86. The lowest BCUT2D eigenvalue weighted by molar-refractivity contribution is 0.165. The van der Waals surface area contributed by atoms with E-state index in [-0.39, 0.29) is 0 Å². The van der Waals surface area contributed by atoms with Crippen LogP contribution in [0.5, 0.6) is 17.2 Å². The fourth-order valence-corrected chi connectivity index (χ4v) is 2.67. The molecular formula is C14H16N2O3S. The molecule has 0 fully saturated rings. The van der Waals surface area contributed by atoms with Gasteiger partial charge in [-0.1, -0.05) is 0 Å². The average Bonchev–Trinajstić information content (AvgIpc) is 2.99. The molecule has 0 radical (unpaired) electrons. The number of nitrogens with one attached hydrogen (secondary N) is 1. The number of aromatic nitrogens is 1. The van der Waals surface area contributed by atoms with Crippen molar-refractivity contribution in [2.24, 2.45) is 0 Å². The van der Waals surface area contributed by atoms with Crippen LogP contribution in [-0.2, 0) is 13.1 Å². The SMILES string of the molecule is COc1cc(CNCc2nccs2)cc2c1OCCO2. The summed E-state index contributed by atoms with van der Waals surface area (Å²) in [6.45, 7) is 2.62. The highest BCUT2D eigenvalue weighted by atomic mass is 32.1. The third kappa shape index (κ3) is 2.86. The number of methoxy groups -OCH3 is 1. The van der Waals surface area contributed by atoms with E-state index in [9.17, 15) is 0 Å². The van der Waals surface area contributed by atoms with Crippen LogP contribution in [0.4, 0.5) is 0 Å². The lowest BCUT2D eigenvalue weighted by atomic mass is 10.1. The van der Waals surface area contributed by atoms with Crippen LogP contribution in [0.15, 0.2) is 23.7 Å². The van der Waals surface area contributed by atoms with Crippen molar-refractivity contribution in [2.75, 3.05) is 20.3 Å². The molecule has 6 heteroatoms. The van der Waals surface area contributed by atoms with Crippen molar-refractivity contribution in [1.29, 1.82) is 0 Å². The van der Waals surface area contributed by atoms with Crippen molar-refractivity contribution in [1.82, 2.24) is 10.3 Å². The molecule has 0 saturated carbocycles. The summed E-state index contributed by atoms with van der Waals surface area (Å²) in [6.07, 6.45) is 1.81. The molecule has 1 aliphatic rings. The van der Waals surface area contributed by atoms with Crippen molar-refractivity contribution in [3.05, 3.63) is 34.3 Å². The largest absolute Gasteiger partial charge is 0.493 e. The van der Waals surface area contributed by atoms with E-state index in [4.69, 9.17) is 14.2 Å². The number of nitrogens with zero attached hydrogens (tertiary/aromatic N) is 1. The number of hydrogen-bond donors (Lipinski definition) is 1. The summed E-state index contributed by atoms with van der Waals surface area (Å²) in [4.78, 5) is 4.24. The zero-order valence-corrected chi connectivity index (χ0v) is 12.0. The second-order valence-electron chi connectivity index (χ2n) is 4.35. The third-order valence-electron chi connectivity index (χ3n) is 2.98. The number of rotatable bonds is 5. The van der Waals surface area contributed by atoms with Crippen molar-refractivity contribution in [3.8, 4) is 17.2 Å². The fourth-order valence-electron chi connectivity index (χ4n) is 2.08. The minimum atomic E-state index is 0.561. The van der Waals surface area contributed by atoms with Gasteiger partial charge in [0.05, 0.1) is 7.11 Å². The summed E-state index contributed by atoms with van der Waals surface area (Å²) in [5.74, 6) is 2.16. The molecule has 3 rings (SSSR count). The maximum absolute atomic E-state index is 5.62. The lowest BCUT2D eigenvalue weighted by Gasteiger charge is -2.21. The van der Waals surface area contributed by atoms with Crippen LogP contribution in [0.3, 0.4) is 0 Å². The average molecular weight is 292 g/mol. The van der Waals surface area contributed by atoms with Gasteiger partial charge in [-0.15, -0.1) is 11.3 Å². The molecular weight excluding hydrogens is 276 g/mol. The molecule has 0 unspecified atom stereocenters. The Morgan fingerprint density at radius 3 is 3.00 bits per heavy atom. The van der Waals surface area contributed by atoms with E-state index in [1.54, 1.807) is 18.4 Å². The maximum Gasteiger partial charge on any atom is 0.203 e. The van der Waals surface area contributed by atoms with Crippen LogP contribution in [0, 0.1) is 0 Å². The molecule has 0 aliphatic carbocycles. The van der Waals surface area contributed by atoms with Gasteiger partial charge in [0.2, 0.25) is 5.75 Å². The molecule has 106 valence electrons. The smallest absolute Gasteiger partial charge is 0.203 e. The van der Waals surface area contributed by atoms with E-state index in [0.29, 0.717) is 24.7 Å². The van der Waals surface area contributed by atoms with Gasteiger partial charge in [-0.05, 0) is 17.7 Å². The summed E-state index contributed by atoms with van der Waals surface area (Å²) in [7, 11) is 1.64. The Kier molecular flexibility index (Phi) is 4.03. The van der Waals surface area contributed by atoms with Gasteiger partial charge in [-0.2, -0.15) is 0 Å². The quantitative estimate of drug-likeness (QED) is 0.915. The molecule has 2 aromatic rings. The number of fused-ring (bicyclic) bond motifs is 1. The topological polar surface area (TPSA) is 52.6 Å².